The van der Waals surface area contributed by atoms with Gasteiger partial charge in [0.15, 0.2) is 0 Å². The third-order valence-electron chi connectivity index (χ3n) is 1.63. The monoisotopic (exact) mass is 199 g/mol. The summed E-state index contributed by atoms with van der Waals surface area (Å²) in [4.78, 5) is 11.0. The number of hydrogen-bond acceptors (Lipinski definition) is 4. The first kappa shape index (κ1) is 7.94. The van der Waals surface area contributed by atoms with Crippen molar-refractivity contribution in [1.82, 2.24) is 0 Å². The number of nitro groups is 1. The highest BCUT2D eigenvalue weighted by molar-refractivity contribution is 8.76. The molecule has 0 atom stereocenters. The molecular formula is C7H5NO2S2. The highest BCUT2D eigenvalue weighted by Crippen LogP contribution is 2.48. The van der Waals surface area contributed by atoms with E-state index in [4.69, 9.17) is 0 Å². The zero-order valence-corrected chi connectivity index (χ0v) is 7.65. The molecule has 3 nitrogen and oxygen atoms in total. The largest absolute Gasteiger partial charge is 0.284 e. The molecule has 12 heavy (non-hydrogen) atoms. The zero-order chi connectivity index (χ0) is 8.55. The molecule has 0 aromatic heterocycles. The van der Waals surface area contributed by atoms with Crippen LogP contribution in [0.15, 0.2) is 23.1 Å². The molecule has 0 radical (unpaired) electrons. The molecule has 0 unspecified atom stereocenters. The first-order valence-corrected chi connectivity index (χ1v) is 5.66. The van der Waals surface area contributed by atoms with E-state index >= 15 is 0 Å². The maximum absolute atomic E-state index is 10.5. The van der Waals surface area contributed by atoms with Gasteiger partial charge in [-0.25, -0.2) is 0 Å². The lowest BCUT2D eigenvalue weighted by Crippen LogP contribution is -1.90. The Hall–Kier alpha value is -0.680. The van der Waals surface area contributed by atoms with Gasteiger partial charge in [-0.3, -0.25) is 10.1 Å². The molecule has 2 rings (SSSR count). The Morgan fingerprint density at radius 1 is 1.50 bits per heavy atom. The minimum atomic E-state index is -0.322. The van der Waals surface area contributed by atoms with Crippen LogP contribution in [0.2, 0.25) is 0 Å². The molecule has 0 N–H and O–H groups in total. The molecule has 0 saturated heterocycles. The standard InChI is InChI=1S/C7H5NO2S2/c9-8(10)6-3-1-2-5-4-11-12-7(5)6/h1-3H,4H2. The number of hydrogen-bond donors (Lipinski definition) is 0. The minimum absolute atomic E-state index is 0.238. The number of fused-ring (bicyclic) bond motifs is 1. The van der Waals surface area contributed by atoms with Gasteiger partial charge in [-0.15, -0.1) is 0 Å². The van der Waals surface area contributed by atoms with Crippen LogP contribution >= 0.6 is 21.6 Å². The Morgan fingerprint density at radius 3 is 3.08 bits per heavy atom. The molecule has 0 fully saturated rings. The van der Waals surface area contributed by atoms with Crippen molar-refractivity contribution in [3.05, 3.63) is 33.9 Å². The topological polar surface area (TPSA) is 43.1 Å². The summed E-state index contributed by atoms with van der Waals surface area (Å²) in [5.74, 6) is 0.877. The van der Waals surface area contributed by atoms with Crippen LogP contribution in [0.3, 0.4) is 0 Å². The summed E-state index contributed by atoms with van der Waals surface area (Å²) in [6.45, 7) is 0. The maximum Gasteiger partial charge on any atom is 0.284 e. The van der Waals surface area contributed by atoms with Crippen LogP contribution in [0.4, 0.5) is 5.69 Å². The fraction of sp³-hybridized carbons (Fsp3) is 0.143. The quantitative estimate of drug-likeness (QED) is 0.396. The average Bonchev–Trinajstić information content (AvgIpc) is 2.49. The van der Waals surface area contributed by atoms with Crippen LogP contribution in [0, 0.1) is 10.1 Å². The van der Waals surface area contributed by atoms with Gasteiger partial charge >= 0.3 is 0 Å². The normalized spacial score (nSPS) is 14.3. The van der Waals surface area contributed by atoms with Gasteiger partial charge in [0.1, 0.15) is 4.90 Å². The smallest absolute Gasteiger partial charge is 0.258 e. The molecular weight excluding hydrogens is 194 g/mol. The van der Waals surface area contributed by atoms with Gasteiger partial charge in [0.05, 0.1) is 4.92 Å². The molecule has 0 spiro atoms. The predicted molar refractivity (Wildman–Crippen MR) is 50.2 cm³/mol. The SMILES string of the molecule is O=[N+]([O-])c1cccc2c1SSC2. The van der Waals surface area contributed by atoms with E-state index in [1.807, 2.05) is 6.07 Å². The van der Waals surface area contributed by atoms with Crippen molar-refractivity contribution >= 4 is 27.3 Å². The summed E-state index contributed by atoms with van der Waals surface area (Å²) in [7, 11) is 3.14. The van der Waals surface area contributed by atoms with Gasteiger partial charge < -0.3 is 0 Å². The minimum Gasteiger partial charge on any atom is -0.258 e. The average molecular weight is 199 g/mol. The second kappa shape index (κ2) is 2.99. The van der Waals surface area contributed by atoms with E-state index < -0.39 is 0 Å². The third-order valence-corrected chi connectivity index (χ3v) is 4.02. The van der Waals surface area contributed by atoms with Crippen molar-refractivity contribution in [3.8, 4) is 0 Å². The molecule has 1 aromatic carbocycles. The third kappa shape index (κ3) is 1.19. The van der Waals surface area contributed by atoms with Gasteiger partial charge in [-0.05, 0) is 16.4 Å². The van der Waals surface area contributed by atoms with Gasteiger partial charge in [0.25, 0.3) is 5.69 Å². The van der Waals surface area contributed by atoms with Crippen molar-refractivity contribution in [2.24, 2.45) is 0 Å². The van der Waals surface area contributed by atoms with Gasteiger partial charge in [0.2, 0.25) is 0 Å². The molecule has 0 bridgehead atoms. The van der Waals surface area contributed by atoms with Crippen molar-refractivity contribution in [3.63, 3.8) is 0 Å². The Balaban J connectivity index is 2.56. The van der Waals surface area contributed by atoms with Gasteiger partial charge in [-0.2, -0.15) is 0 Å². The number of rotatable bonds is 1. The lowest BCUT2D eigenvalue weighted by molar-refractivity contribution is -0.387. The van der Waals surface area contributed by atoms with E-state index in [0.29, 0.717) is 0 Å². The molecule has 0 aliphatic carbocycles. The summed E-state index contributed by atoms with van der Waals surface area (Å²) in [6.07, 6.45) is 0. The zero-order valence-electron chi connectivity index (χ0n) is 6.02. The Labute approximate surface area is 77.1 Å². The van der Waals surface area contributed by atoms with Crippen molar-refractivity contribution in [2.45, 2.75) is 10.6 Å². The van der Waals surface area contributed by atoms with Crippen LogP contribution in [0.1, 0.15) is 5.56 Å². The first-order chi connectivity index (χ1) is 5.79. The lowest BCUT2D eigenvalue weighted by Gasteiger charge is -1.96. The van der Waals surface area contributed by atoms with E-state index in [9.17, 15) is 10.1 Å². The second-order valence-corrected chi connectivity index (χ2v) is 4.67. The van der Waals surface area contributed by atoms with E-state index in [1.54, 1.807) is 22.9 Å². The highest BCUT2D eigenvalue weighted by Gasteiger charge is 2.22. The van der Waals surface area contributed by atoms with Crippen LogP contribution in [-0.2, 0) is 5.75 Å². The van der Waals surface area contributed by atoms with Crippen molar-refractivity contribution in [1.29, 1.82) is 0 Å². The molecule has 1 heterocycles. The van der Waals surface area contributed by atoms with E-state index in [-0.39, 0.29) is 10.6 Å². The van der Waals surface area contributed by atoms with E-state index in [1.165, 1.54) is 10.8 Å². The highest BCUT2D eigenvalue weighted by atomic mass is 33.1. The first-order valence-electron chi connectivity index (χ1n) is 3.35. The predicted octanol–water partition coefficient (Wildman–Crippen LogP) is 2.85. The van der Waals surface area contributed by atoms with Crippen molar-refractivity contribution < 1.29 is 4.92 Å². The van der Waals surface area contributed by atoms with E-state index in [0.717, 1.165) is 16.2 Å². The van der Waals surface area contributed by atoms with Crippen LogP contribution in [0.25, 0.3) is 0 Å². The Bertz CT molecular complexity index is 340. The molecule has 0 saturated carbocycles. The second-order valence-electron chi connectivity index (χ2n) is 2.37. The number of benzene rings is 1. The fourth-order valence-electron chi connectivity index (χ4n) is 1.08. The molecule has 1 aliphatic heterocycles. The fourth-order valence-corrected chi connectivity index (χ4v) is 3.68. The van der Waals surface area contributed by atoms with E-state index in [2.05, 4.69) is 0 Å². The van der Waals surface area contributed by atoms with Gasteiger partial charge in [-0.1, -0.05) is 22.9 Å². The summed E-state index contributed by atoms with van der Waals surface area (Å²) in [6, 6.07) is 5.23. The van der Waals surface area contributed by atoms with Crippen LogP contribution < -0.4 is 0 Å². The number of nitro benzene ring substituents is 1. The van der Waals surface area contributed by atoms with Crippen LogP contribution in [-0.4, -0.2) is 4.92 Å². The summed E-state index contributed by atoms with van der Waals surface area (Å²) in [5.41, 5.74) is 1.32. The number of nitrogens with zero attached hydrogens (tertiary/aromatic N) is 1. The summed E-state index contributed by atoms with van der Waals surface area (Å²) >= 11 is 0. The Morgan fingerprint density at radius 2 is 2.33 bits per heavy atom. The summed E-state index contributed by atoms with van der Waals surface area (Å²) in [5, 5.41) is 10.5. The molecule has 0 amide bonds. The van der Waals surface area contributed by atoms with Crippen LogP contribution in [0.5, 0.6) is 0 Å². The van der Waals surface area contributed by atoms with Crippen molar-refractivity contribution in [2.75, 3.05) is 0 Å². The molecule has 5 heteroatoms. The summed E-state index contributed by atoms with van der Waals surface area (Å²) < 4.78 is 0. The maximum atomic E-state index is 10.5. The molecule has 62 valence electrons. The molecule has 1 aromatic rings. The Kier molecular flexibility index (Phi) is 1.98. The lowest BCUT2D eigenvalue weighted by atomic mass is 10.2. The van der Waals surface area contributed by atoms with Gasteiger partial charge in [0, 0.05) is 11.8 Å². The molecule has 1 aliphatic rings.